The minimum absolute atomic E-state index is 0.907. The first-order valence-electron chi connectivity index (χ1n) is 20.1. The van der Waals surface area contributed by atoms with Crippen LogP contribution < -0.4 is 4.90 Å². The SMILES string of the molecule is c1ccc(-c2ccc(N(c3ccc4cc(-c5ccccc5)ccc4c3)c3ccc4sc5c6ccccc6cc(-c6cccc7c6oc6ccccc67)c5c4c3)cc2)cc1. The molecule has 3 heteroatoms. The van der Waals surface area contributed by atoms with E-state index in [1.807, 2.05) is 17.4 Å². The highest BCUT2D eigenvalue weighted by Crippen LogP contribution is 2.48. The van der Waals surface area contributed by atoms with Gasteiger partial charge in [-0.3, -0.25) is 0 Å². The summed E-state index contributed by atoms with van der Waals surface area (Å²) in [6, 6.07) is 76.9. The number of nitrogens with zero attached hydrogens (tertiary/aromatic N) is 1. The van der Waals surface area contributed by atoms with Crippen LogP contribution in [0.15, 0.2) is 217 Å². The molecular formula is C56H35NOS. The molecule has 0 unspecified atom stereocenters. The topological polar surface area (TPSA) is 16.4 Å². The van der Waals surface area contributed by atoms with Crippen molar-refractivity contribution >= 4 is 92.1 Å². The van der Waals surface area contributed by atoms with Crippen molar-refractivity contribution in [3.05, 3.63) is 212 Å². The van der Waals surface area contributed by atoms with Crippen LogP contribution in [0, 0.1) is 0 Å². The van der Waals surface area contributed by atoms with Gasteiger partial charge in [0.2, 0.25) is 0 Å². The first kappa shape index (κ1) is 33.7. The van der Waals surface area contributed by atoms with Gasteiger partial charge in [-0.1, -0.05) is 152 Å². The summed E-state index contributed by atoms with van der Waals surface area (Å²) < 4.78 is 9.21. The van der Waals surface area contributed by atoms with E-state index in [1.54, 1.807) is 0 Å². The van der Waals surface area contributed by atoms with Gasteiger partial charge >= 0.3 is 0 Å². The number of furan rings is 1. The van der Waals surface area contributed by atoms with Crippen molar-refractivity contribution in [3.63, 3.8) is 0 Å². The Labute approximate surface area is 345 Å². The van der Waals surface area contributed by atoms with E-state index in [-0.39, 0.29) is 0 Å². The van der Waals surface area contributed by atoms with Crippen LogP contribution >= 0.6 is 11.3 Å². The van der Waals surface area contributed by atoms with Gasteiger partial charge in [0.1, 0.15) is 11.2 Å². The van der Waals surface area contributed by atoms with Gasteiger partial charge in [-0.25, -0.2) is 0 Å². The molecule has 0 amide bonds. The molecule has 0 saturated carbocycles. The Morgan fingerprint density at radius 3 is 1.80 bits per heavy atom. The minimum Gasteiger partial charge on any atom is -0.455 e. The number of hydrogen-bond donors (Lipinski definition) is 0. The van der Waals surface area contributed by atoms with Gasteiger partial charge in [0.05, 0.1) is 0 Å². The van der Waals surface area contributed by atoms with E-state index in [1.165, 1.54) is 69.5 Å². The van der Waals surface area contributed by atoms with Crippen molar-refractivity contribution < 1.29 is 4.42 Å². The fourth-order valence-corrected chi connectivity index (χ4v) is 10.2. The quantitative estimate of drug-likeness (QED) is 0.167. The summed E-state index contributed by atoms with van der Waals surface area (Å²) in [6.45, 7) is 0. The summed E-state index contributed by atoms with van der Waals surface area (Å²) in [7, 11) is 0. The Morgan fingerprint density at radius 2 is 0.966 bits per heavy atom. The fourth-order valence-electron chi connectivity index (χ4n) is 8.97. The molecule has 0 radical (unpaired) electrons. The molecule has 12 aromatic rings. The van der Waals surface area contributed by atoms with E-state index in [9.17, 15) is 0 Å². The Kier molecular flexibility index (Phi) is 7.75. The zero-order chi connectivity index (χ0) is 38.9. The second kappa shape index (κ2) is 13.6. The Morgan fingerprint density at radius 1 is 0.356 bits per heavy atom. The number of para-hydroxylation sites is 2. The molecule has 0 aliphatic rings. The monoisotopic (exact) mass is 769 g/mol. The molecular weight excluding hydrogens is 735 g/mol. The van der Waals surface area contributed by atoms with Gasteiger partial charge in [0, 0.05) is 53.6 Å². The van der Waals surface area contributed by atoms with Crippen LogP contribution in [0.25, 0.3) is 97.0 Å². The molecule has 0 saturated heterocycles. The number of fused-ring (bicyclic) bond motifs is 9. The predicted octanol–water partition coefficient (Wildman–Crippen LogP) is 16.7. The predicted molar refractivity (Wildman–Crippen MR) is 253 cm³/mol. The lowest BCUT2D eigenvalue weighted by molar-refractivity contribution is 0.670. The highest BCUT2D eigenvalue weighted by molar-refractivity contribution is 7.26. The summed E-state index contributed by atoms with van der Waals surface area (Å²) in [5, 5.41) is 9.66. The number of anilines is 3. The summed E-state index contributed by atoms with van der Waals surface area (Å²) in [4.78, 5) is 2.41. The lowest BCUT2D eigenvalue weighted by atomic mass is 9.94. The van der Waals surface area contributed by atoms with Crippen LogP contribution in [0.3, 0.4) is 0 Å². The van der Waals surface area contributed by atoms with Crippen LogP contribution in [-0.2, 0) is 0 Å². The van der Waals surface area contributed by atoms with Crippen LogP contribution in [-0.4, -0.2) is 0 Å². The molecule has 0 N–H and O–H groups in total. The maximum Gasteiger partial charge on any atom is 0.143 e. The Bertz CT molecular complexity index is 3550. The zero-order valence-corrected chi connectivity index (χ0v) is 32.8. The van der Waals surface area contributed by atoms with Crippen molar-refractivity contribution in [2.45, 2.75) is 0 Å². The lowest BCUT2D eigenvalue weighted by Crippen LogP contribution is -2.09. The van der Waals surface area contributed by atoms with Crippen molar-refractivity contribution in [3.8, 4) is 33.4 Å². The highest BCUT2D eigenvalue weighted by Gasteiger charge is 2.21. The normalized spacial score (nSPS) is 11.7. The van der Waals surface area contributed by atoms with Crippen molar-refractivity contribution in [2.75, 3.05) is 4.90 Å². The van der Waals surface area contributed by atoms with Crippen LogP contribution in [0.5, 0.6) is 0 Å². The molecule has 2 aromatic heterocycles. The molecule has 0 spiro atoms. The second-order valence-corrected chi connectivity index (χ2v) is 16.3. The maximum absolute atomic E-state index is 6.67. The number of benzene rings is 10. The number of thiophene rings is 1. The highest BCUT2D eigenvalue weighted by atomic mass is 32.1. The summed E-state index contributed by atoms with van der Waals surface area (Å²) in [5.74, 6) is 0. The second-order valence-electron chi connectivity index (χ2n) is 15.3. The van der Waals surface area contributed by atoms with E-state index in [0.29, 0.717) is 0 Å². The van der Waals surface area contributed by atoms with E-state index in [0.717, 1.165) is 44.6 Å². The van der Waals surface area contributed by atoms with Crippen molar-refractivity contribution in [1.29, 1.82) is 0 Å². The molecule has 0 bridgehead atoms. The first-order valence-corrected chi connectivity index (χ1v) is 20.9. The third-order valence-corrected chi connectivity index (χ3v) is 13.0. The van der Waals surface area contributed by atoms with E-state index >= 15 is 0 Å². The summed E-state index contributed by atoms with van der Waals surface area (Å²) in [6.07, 6.45) is 0. The fraction of sp³-hybridized carbons (Fsp3) is 0. The van der Waals surface area contributed by atoms with Crippen molar-refractivity contribution in [1.82, 2.24) is 0 Å². The van der Waals surface area contributed by atoms with Gasteiger partial charge < -0.3 is 9.32 Å². The van der Waals surface area contributed by atoms with Crippen LogP contribution in [0.2, 0.25) is 0 Å². The standard InChI is InChI=1S/C56H35NOS/c1-3-12-36(13-4-1)38-24-27-43(28-25-38)57(44-29-26-40-32-39(22-23-41(40)33-44)37-14-5-2-6-15-37)45-30-31-53-51(35-45)54-50(34-42-16-7-8-17-46(42)56(54)59-53)49-20-11-19-48-47-18-9-10-21-52(47)58-55(48)49/h1-35H. The average Bonchev–Trinajstić information content (AvgIpc) is 3.89. The smallest absolute Gasteiger partial charge is 0.143 e. The molecule has 2 heterocycles. The largest absolute Gasteiger partial charge is 0.455 e. The van der Waals surface area contributed by atoms with E-state index in [2.05, 4.69) is 211 Å². The molecule has 12 rings (SSSR count). The third kappa shape index (κ3) is 5.62. The van der Waals surface area contributed by atoms with Crippen molar-refractivity contribution in [2.24, 2.45) is 0 Å². The van der Waals surface area contributed by atoms with E-state index < -0.39 is 0 Å². The van der Waals surface area contributed by atoms with Gasteiger partial charge in [0.15, 0.2) is 0 Å². The molecule has 2 nitrogen and oxygen atoms in total. The summed E-state index contributed by atoms with van der Waals surface area (Å²) >= 11 is 1.87. The number of hydrogen-bond acceptors (Lipinski definition) is 3. The molecule has 276 valence electrons. The maximum atomic E-state index is 6.67. The van der Waals surface area contributed by atoms with Gasteiger partial charge in [-0.15, -0.1) is 11.3 Å². The molecule has 10 aromatic carbocycles. The van der Waals surface area contributed by atoms with Crippen LogP contribution in [0.4, 0.5) is 17.1 Å². The third-order valence-electron chi connectivity index (χ3n) is 11.8. The molecule has 0 atom stereocenters. The lowest BCUT2D eigenvalue weighted by Gasteiger charge is -2.26. The van der Waals surface area contributed by atoms with Crippen LogP contribution in [0.1, 0.15) is 0 Å². The molecule has 0 fully saturated rings. The summed E-state index contributed by atoms with van der Waals surface area (Å²) in [5.41, 5.74) is 12.3. The number of rotatable bonds is 6. The Balaban J connectivity index is 1.08. The zero-order valence-electron chi connectivity index (χ0n) is 32.0. The van der Waals surface area contributed by atoms with E-state index in [4.69, 9.17) is 4.42 Å². The Hall–Kier alpha value is -7.46. The minimum atomic E-state index is 0.907. The molecule has 59 heavy (non-hydrogen) atoms. The van der Waals surface area contributed by atoms with Gasteiger partial charge in [-0.2, -0.15) is 0 Å². The van der Waals surface area contributed by atoms with Gasteiger partial charge in [0.25, 0.3) is 0 Å². The first-order chi connectivity index (χ1) is 29.2. The van der Waals surface area contributed by atoms with Gasteiger partial charge in [-0.05, 0) is 110 Å². The molecule has 0 aliphatic heterocycles. The average molecular weight is 770 g/mol. The molecule has 0 aliphatic carbocycles.